The predicted molar refractivity (Wildman–Crippen MR) is 108 cm³/mol. The molecule has 0 saturated heterocycles. The van der Waals surface area contributed by atoms with Crippen LogP contribution in [0.25, 0.3) is 44.2 Å². The second-order valence-electron chi connectivity index (χ2n) is 6.72. The molecule has 0 aliphatic rings. The van der Waals surface area contributed by atoms with E-state index in [1.165, 1.54) is 5.56 Å². The Kier molecular flexibility index (Phi) is 3.47. The van der Waals surface area contributed by atoms with E-state index in [-0.39, 0.29) is 5.63 Å². The first-order valence-corrected chi connectivity index (χ1v) is 8.80. The predicted octanol–water partition coefficient (Wildman–Crippen LogP) is 6.18. The SMILES string of the molecule is Cc1ccc(-c2coc3cc4oc(=O)c(-c5ccccc5)cc4cc23)cc1. The van der Waals surface area contributed by atoms with E-state index in [0.717, 1.165) is 27.5 Å². The Morgan fingerprint density at radius 3 is 2.26 bits per heavy atom. The third-order valence-electron chi connectivity index (χ3n) is 4.88. The lowest BCUT2D eigenvalue weighted by atomic mass is 10.0. The summed E-state index contributed by atoms with van der Waals surface area (Å²) in [6, 6.07) is 23.6. The van der Waals surface area contributed by atoms with Crippen LogP contribution in [0.2, 0.25) is 0 Å². The molecule has 2 aromatic heterocycles. The molecule has 5 aromatic rings. The van der Waals surface area contributed by atoms with Gasteiger partial charge in [0.15, 0.2) is 0 Å². The smallest absolute Gasteiger partial charge is 0.344 e. The van der Waals surface area contributed by atoms with Gasteiger partial charge in [-0.15, -0.1) is 0 Å². The first-order chi connectivity index (χ1) is 13.2. The maximum Gasteiger partial charge on any atom is 0.344 e. The number of aryl methyl sites for hydroxylation is 1. The first kappa shape index (κ1) is 15.6. The van der Waals surface area contributed by atoms with Crippen molar-refractivity contribution in [3.63, 3.8) is 0 Å². The summed E-state index contributed by atoms with van der Waals surface area (Å²) in [7, 11) is 0. The van der Waals surface area contributed by atoms with Crippen molar-refractivity contribution in [2.24, 2.45) is 0 Å². The number of benzene rings is 3. The molecule has 0 amide bonds. The molecule has 0 aliphatic carbocycles. The Labute approximate surface area is 155 Å². The minimum atomic E-state index is -0.349. The van der Waals surface area contributed by atoms with Crippen LogP contribution in [0.3, 0.4) is 0 Å². The maximum absolute atomic E-state index is 12.4. The average Bonchev–Trinajstić information content (AvgIpc) is 3.10. The van der Waals surface area contributed by atoms with E-state index in [0.29, 0.717) is 16.7 Å². The molecule has 3 nitrogen and oxygen atoms in total. The summed E-state index contributed by atoms with van der Waals surface area (Å²) in [5.74, 6) is 0. The number of rotatable bonds is 2. The van der Waals surface area contributed by atoms with Crippen LogP contribution in [0.5, 0.6) is 0 Å². The van der Waals surface area contributed by atoms with Crippen LogP contribution >= 0.6 is 0 Å². The van der Waals surface area contributed by atoms with E-state index in [1.807, 2.05) is 42.5 Å². The first-order valence-electron chi connectivity index (χ1n) is 8.80. The molecule has 0 radical (unpaired) electrons. The normalized spacial score (nSPS) is 11.3. The van der Waals surface area contributed by atoms with Crippen molar-refractivity contribution in [3.8, 4) is 22.3 Å². The molecule has 2 heterocycles. The Bertz CT molecular complexity index is 1320. The molecule has 0 aliphatic heterocycles. The van der Waals surface area contributed by atoms with Gasteiger partial charge in [-0.25, -0.2) is 4.79 Å². The number of fused-ring (bicyclic) bond motifs is 2. The summed E-state index contributed by atoms with van der Waals surface area (Å²) in [6.45, 7) is 2.07. The summed E-state index contributed by atoms with van der Waals surface area (Å²) in [6.07, 6.45) is 1.75. The van der Waals surface area contributed by atoms with Crippen LogP contribution in [0.1, 0.15) is 5.56 Å². The lowest BCUT2D eigenvalue weighted by Crippen LogP contribution is -2.02. The van der Waals surface area contributed by atoms with Crippen LogP contribution < -0.4 is 5.63 Å². The van der Waals surface area contributed by atoms with Crippen LogP contribution in [0.4, 0.5) is 0 Å². The highest BCUT2D eigenvalue weighted by atomic mass is 16.4. The van der Waals surface area contributed by atoms with Gasteiger partial charge in [-0.1, -0.05) is 60.2 Å². The molecule has 3 aromatic carbocycles. The Morgan fingerprint density at radius 2 is 1.48 bits per heavy atom. The summed E-state index contributed by atoms with van der Waals surface area (Å²) in [5.41, 5.74) is 5.62. The minimum absolute atomic E-state index is 0.349. The van der Waals surface area contributed by atoms with Gasteiger partial charge in [-0.2, -0.15) is 0 Å². The van der Waals surface area contributed by atoms with Crippen molar-refractivity contribution in [3.05, 3.63) is 95.0 Å². The summed E-state index contributed by atoms with van der Waals surface area (Å²) >= 11 is 0. The molecular weight excluding hydrogens is 336 g/mol. The fraction of sp³-hybridized carbons (Fsp3) is 0.0417. The second kappa shape index (κ2) is 5.99. The Balaban J connectivity index is 1.75. The summed E-state index contributed by atoms with van der Waals surface area (Å²) in [4.78, 5) is 12.4. The zero-order chi connectivity index (χ0) is 18.4. The molecule has 3 heteroatoms. The zero-order valence-corrected chi connectivity index (χ0v) is 14.7. The third kappa shape index (κ3) is 2.64. The molecule has 130 valence electrons. The van der Waals surface area contributed by atoms with Crippen LogP contribution in [0.15, 0.2) is 92.7 Å². The quantitative estimate of drug-likeness (QED) is 0.356. The van der Waals surface area contributed by atoms with Crippen LogP contribution in [-0.4, -0.2) is 0 Å². The van der Waals surface area contributed by atoms with Gasteiger partial charge in [0.1, 0.15) is 11.2 Å². The summed E-state index contributed by atoms with van der Waals surface area (Å²) < 4.78 is 11.3. The number of hydrogen-bond acceptors (Lipinski definition) is 3. The fourth-order valence-electron chi connectivity index (χ4n) is 3.42. The number of furan rings is 1. The van der Waals surface area contributed by atoms with Crippen LogP contribution in [-0.2, 0) is 0 Å². The van der Waals surface area contributed by atoms with Crippen molar-refractivity contribution in [2.75, 3.05) is 0 Å². The van der Waals surface area contributed by atoms with E-state index >= 15 is 0 Å². The lowest BCUT2D eigenvalue weighted by Gasteiger charge is -2.04. The van der Waals surface area contributed by atoms with Gasteiger partial charge in [-0.3, -0.25) is 0 Å². The van der Waals surface area contributed by atoms with E-state index in [2.05, 4.69) is 31.2 Å². The van der Waals surface area contributed by atoms with E-state index in [9.17, 15) is 4.79 Å². The van der Waals surface area contributed by atoms with Gasteiger partial charge in [0.2, 0.25) is 0 Å². The molecule has 0 N–H and O–H groups in total. The van der Waals surface area contributed by atoms with E-state index < -0.39 is 0 Å². The van der Waals surface area contributed by atoms with Gasteiger partial charge >= 0.3 is 5.63 Å². The van der Waals surface area contributed by atoms with Gasteiger partial charge < -0.3 is 8.83 Å². The highest BCUT2D eigenvalue weighted by Gasteiger charge is 2.13. The Morgan fingerprint density at radius 1 is 0.741 bits per heavy atom. The van der Waals surface area contributed by atoms with Crippen LogP contribution in [0, 0.1) is 6.92 Å². The largest absolute Gasteiger partial charge is 0.464 e. The topological polar surface area (TPSA) is 43.4 Å². The number of hydrogen-bond donors (Lipinski definition) is 0. The van der Waals surface area contributed by atoms with E-state index in [4.69, 9.17) is 8.83 Å². The zero-order valence-electron chi connectivity index (χ0n) is 14.7. The molecule has 27 heavy (non-hydrogen) atoms. The van der Waals surface area contributed by atoms with Crippen molar-refractivity contribution in [2.45, 2.75) is 6.92 Å². The van der Waals surface area contributed by atoms with Gasteiger partial charge in [0.25, 0.3) is 0 Å². The lowest BCUT2D eigenvalue weighted by molar-refractivity contribution is 0.561. The molecule has 0 bridgehead atoms. The van der Waals surface area contributed by atoms with Gasteiger partial charge in [0, 0.05) is 22.4 Å². The third-order valence-corrected chi connectivity index (χ3v) is 4.88. The standard InChI is InChI=1S/C24H16O3/c1-15-7-9-17(10-8-15)21-14-26-23-13-22-18(12-20(21)23)11-19(24(25)27-22)16-5-3-2-4-6-16/h2-14H,1H3. The average molecular weight is 352 g/mol. The maximum atomic E-state index is 12.4. The van der Waals surface area contributed by atoms with Crippen molar-refractivity contribution >= 4 is 21.9 Å². The van der Waals surface area contributed by atoms with Crippen molar-refractivity contribution in [1.29, 1.82) is 0 Å². The molecule has 0 atom stereocenters. The van der Waals surface area contributed by atoms with Crippen molar-refractivity contribution < 1.29 is 8.83 Å². The van der Waals surface area contributed by atoms with E-state index in [1.54, 1.807) is 12.3 Å². The molecule has 0 saturated carbocycles. The monoisotopic (exact) mass is 352 g/mol. The molecule has 0 spiro atoms. The van der Waals surface area contributed by atoms with Gasteiger partial charge in [0.05, 0.1) is 11.8 Å². The fourth-order valence-corrected chi connectivity index (χ4v) is 3.42. The van der Waals surface area contributed by atoms with Crippen molar-refractivity contribution in [1.82, 2.24) is 0 Å². The summed E-state index contributed by atoms with van der Waals surface area (Å²) in [5, 5.41) is 1.87. The molecule has 0 fully saturated rings. The Hall–Kier alpha value is -3.59. The molecule has 0 unspecified atom stereocenters. The minimum Gasteiger partial charge on any atom is -0.464 e. The second-order valence-corrected chi connectivity index (χ2v) is 6.72. The highest BCUT2D eigenvalue weighted by Crippen LogP contribution is 2.34. The molecular formula is C24H16O3. The molecule has 5 rings (SSSR count). The van der Waals surface area contributed by atoms with Gasteiger partial charge in [-0.05, 0) is 30.2 Å². The highest BCUT2D eigenvalue weighted by molar-refractivity contribution is 6.02.